The first-order chi connectivity index (χ1) is 14.6. The summed E-state index contributed by atoms with van der Waals surface area (Å²) >= 11 is 1.60. The predicted octanol–water partition coefficient (Wildman–Crippen LogP) is 4.19. The Bertz CT molecular complexity index is 1310. The SMILES string of the molecule is Cc1cc(C)n(/N=C\c2cn(Cc3ccccc3)nc2-c2cccs2)c(=O)c1C#N. The molecule has 0 spiro atoms. The summed E-state index contributed by atoms with van der Waals surface area (Å²) in [5.41, 5.74) is 3.77. The number of hydrogen-bond acceptors (Lipinski definition) is 5. The highest BCUT2D eigenvalue weighted by Crippen LogP contribution is 2.26. The Morgan fingerprint density at radius 2 is 2.00 bits per heavy atom. The summed E-state index contributed by atoms with van der Waals surface area (Å²) in [6.07, 6.45) is 3.56. The van der Waals surface area contributed by atoms with Crippen molar-refractivity contribution in [1.29, 1.82) is 5.26 Å². The summed E-state index contributed by atoms with van der Waals surface area (Å²) < 4.78 is 3.13. The largest absolute Gasteiger partial charge is 0.289 e. The van der Waals surface area contributed by atoms with Gasteiger partial charge in [-0.05, 0) is 42.5 Å². The molecule has 0 unspecified atom stereocenters. The van der Waals surface area contributed by atoms with Crippen LogP contribution < -0.4 is 5.56 Å². The monoisotopic (exact) mass is 413 g/mol. The molecule has 0 amide bonds. The summed E-state index contributed by atoms with van der Waals surface area (Å²) in [6, 6.07) is 17.8. The molecule has 0 atom stereocenters. The Morgan fingerprint density at radius 1 is 1.20 bits per heavy atom. The molecule has 4 aromatic rings. The number of nitriles is 1. The molecule has 0 aliphatic rings. The molecule has 4 rings (SSSR count). The van der Waals surface area contributed by atoms with Gasteiger partial charge in [-0.25, -0.2) is 4.68 Å². The second-order valence-corrected chi connectivity index (χ2v) is 7.86. The Kier molecular flexibility index (Phi) is 5.42. The average molecular weight is 414 g/mol. The number of hydrogen-bond donors (Lipinski definition) is 0. The van der Waals surface area contributed by atoms with E-state index in [4.69, 9.17) is 5.10 Å². The van der Waals surface area contributed by atoms with Gasteiger partial charge in [0.15, 0.2) is 0 Å². The van der Waals surface area contributed by atoms with Crippen molar-refractivity contribution in [3.05, 3.63) is 98.4 Å². The van der Waals surface area contributed by atoms with E-state index >= 15 is 0 Å². The summed E-state index contributed by atoms with van der Waals surface area (Å²) in [7, 11) is 0. The Morgan fingerprint density at radius 3 is 2.70 bits per heavy atom. The molecular weight excluding hydrogens is 394 g/mol. The Balaban J connectivity index is 1.76. The maximum absolute atomic E-state index is 12.6. The normalized spacial score (nSPS) is 11.1. The molecule has 6 nitrogen and oxygen atoms in total. The first-order valence-electron chi connectivity index (χ1n) is 9.40. The fraction of sp³-hybridized carbons (Fsp3) is 0.130. The third-order valence-electron chi connectivity index (χ3n) is 4.72. The van der Waals surface area contributed by atoms with Gasteiger partial charge >= 0.3 is 0 Å². The van der Waals surface area contributed by atoms with E-state index in [9.17, 15) is 10.1 Å². The fourth-order valence-corrected chi connectivity index (χ4v) is 4.00. The van der Waals surface area contributed by atoms with Crippen LogP contribution in [-0.2, 0) is 6.54 Å². The Labute approximate surface area is 178 Å². The van der Waals surface area contributed by atoms with E-state index in [2.05, 4.69) is 17.2 Å². The third-order valence-corrected chi connectivity index (χ3v) is 5.59. The molecule has 0 aliphatic carbocycles. The summed E-state index contributed by atoms with van der Waals surface area (Å²) in [5.74, 6) is 0. The summed E-state index contributed by atoms with van der Waals surface area (Å²) in [4.78, 5) is 13.7. The first-order valence-corrected chi connectivity index (χ1v) is 10.3. The van der Waals surface area contributed by atoms with Crippen LogP contribution in [0.5, 0.6) is 0 Å². The van der Waals surface area contributed by atoms with Gasteiger partial charge in [-0.1, -0.05) is 36.4 Å². The van der Waals surface area contributed by atoms with Gasteiger partial charge < -0.3 is 0 Å². The van der Waals surface area contributed by atoms with Crippen molar-refractivity contribution in [2.24, 2.45) is 5.10 Å². The van der Waals surface area contributed by atoms with Crippen molar-refractivity contribution < 1.29 is 0 Å². The van der Waals surface area contributed by atoms with E-state index < -0.39 is 5.56 Å². The lowest BCUT2D eigenvalue weighted by molar-refractivity contribution is 0.689. The van der Waals surface area contributed by atoms with Crippen LogP contribution in [0.3, 0.4) is 0 Å². The molecule has 0 saturated heterocycles. The number of aryl methyl sites for hydroxylation is 2. The lowest BCUT2D eigenvalue weighted by Gasteiger charge is -2.06. The predicted molar refractivity (Wildman–Crippen MR) is 119 cm³/mol. The summed E-state index contributed by atoms with van der Waals surface area (Å²) in [5, 5.41) is 20.4. The molecule has 7 heteroatoms. The molecule has 0 N–H and O–H groups in total. The molecule has 0 bridgehead atoms. The van der Waals surface area contributed by atoms with Gasteiger partial charge in [0, 0.05) is 17.5 Å². The fourth-order valence-electron chi connectivity index (χ4n) is 3.27. The maximum atomic E-state index is 12.6. The number of rotatable bonds is 5. The molecule has 3 heterocycles. The number of pyridine rings is 1. The standard InChI is InChI=1S/C23H19N5OS/c1-16-11-17(2)28(23(29)20(16)12-24)25-13-19-15-27(14-18-7-4-3-5-8-18)26-22(19)21-9-6-10-30-21/h3-11,13,15H,14H2,1-2H3/b25-13-. The smallest absolute Gasteiger partial charge is 0.267 e. The molecular formula is C23H19N5OS. The van der Waals surface area contributed by atoms with Crippen molar-refractivity contribution in [2.45, 2.75) is 20.4 Å². The zero-order chi connectivity index (χ0) is 21.1. The minimum Gasteiger partial charge on any atom is -0.267 e. The van der Waals surface area contributed by atoms with Crippen molar-refractivity contribution >= 4 is 17.6 Å². The zero-order valence-corrected chi connectivity index (χ0v) is 17.4. The van der Waals surface area contributed by atoms with Gasteiger partial charge in [0.05, 0.1) is 17.6 Å². The molecule has 0 saturated carbocycles. The molecule has 30 heavy (non-hydrogen) atoms. The number of benzene rings is 1. The van der Waals surface area contributed by atoms with Crippen LogP contribution in [0, 0.1) is 25.2 Å². The van der Waals surface area contributed by atoms with E-state index in [1.165, 1.54) is 4.68 Å². The maximum Gasteiger partial charge on any atom is 0.289 e. The lowest BCUT2D eigenvalue weighted by atomic mass is 10.1. The van der Waals surface area contributed by atoms with Crippen molar-refractivity contribution in [1.82, 2.24) is 14.5 Å². The van der Waals surface area contributed by atoms with Gasteiger partial charge in [-0.15, -0.1) is 11.3 Å². The molecule has 148 valence electrons. The van der Waals surface area contributed by atoms with Crippen LogP contribution in [0.2, 0.25) is 0 Å². The van der Waals surface area contributed by atoms with Crippen molar-refractivity contribution in [2.75, 3.05) is 0 Å². The Hall–Kier alpha value is -3.76. The minimum atomic E-state index is -0.416. The van der Waals surface area contributed by atoms with Gasteiger partial charge in [0.25, 0.3) is 5.56 Å². The topological polar surface area (TPSA) is 76.0 Å². The van der Waals surface area contributed by atoms with Gasteiger partial charge in [0.1, 0.15) is 17.3 Å². The second kappa shape index (κ2) is 8.31. The van der Waals surface area contributed by atoms with E-state index in [-0.39, 0.29) is 5.56 Å². The lowest BCUT2D eigenvalue weighted by Crippen LogP contribution is -2.22. The second-order valence-electron chi connectivity index (χ2n) is 6.91. The molecule has 0 radical (unpaired) electrons. The number of thiophene rings is 1. The zero-order valence-electron chi connectivity index (χ0n) is 16.6. The van der Waals surface area contributed by atoms with E-state index in [1.54, 1.807) is 37.5 Å². The highest BCUT2D eigenvalue weighted by Gasteiger charge is 2.13. The van der Waals surface area contributed by atoms with Gasteiger partial charge in [-0.3, -0.25) is 9.48 Å². The van der Waals surface area contributed by atoms with Crippen molar-refractivity contribution in [3.63, 3.8) is 0 Å². The van der Waals surface area contributed by atoms with Crippen LogP contribution in [0.1, 0.15) is 27.9 Å². The summed E-state index contributed by atoms with van der Waals surface area (Å²) in [6.45, 7) is 4.19. The molecule has 3 aromatic heterocycles. The average Bonchev–Trinajstić information content (AvgIpc) is 3.38. The molecule has 1 aromatic carbocycles. The third kappa shape index (κ3) is 3.86. The van der Waals surface area contributed by atoms with E-state index in [0.29, 0.717) is 17.8 Å². The van der Waals surface area contributed by atoms with E-state index in [0.717, 1.165) is 21.7 Å². The number of aromatic nitrogens is 3. The first kappa shape index (κ1) is 19.6. The molecule has 0 aliphatic heterocycles. The molecule has 0 fully saturated rings. The van der Waals surface area contributed by atoms with Crippen LogP contribution in [-0.4, -0.2) is 20.7 Å². The highest BCUT2D eigenvalue weighted by atomic mass is 32.1. The van der Waals surface area contributed by atoms with Crippen LogP contribution in [0.4, 0.5) is 0 Å². The van der Waals surface area contributed by atoms with Crippen LogP contribution in [0.25, 0.3) is 10.6 Å². The van der Waals surface area contributed by atoms with E-state index in [1.807, 2.05) is 52.7 Å². The van der Waals surface area contributed by atoms with Crippen LogP contribution >= 0.6 is 11.3 Å². The minimum absolute atomic E-state index is 0.107. The van der Waals surface area contributed by atoms with Gasteiger partial charge in [0.2, 0.25) is 0 Å². The quantitative estimate of drug-likeness (QED) is 0.460. The van der Waals surface area contributed by atoms with Crippen molar-refractivity contribution in [3.8, 4) is 16.6 Å². The van der Waals surface area contributed by atoms with Gasteiger partial charge in [-0.2, -0.15) is 15.5 Å². The van der Waals surface area contributed by atoms with Crippen LogP contribution in [0.15, 0.2) is 70.0 Å². The number of nitrogens with zero attached hydrogens (tertiary/aromatic N) is 5. The highest BCUT2D eigenvalue weighted by molar-refractivity contribution is 7.13.